The van der Waals surface area contributed by atoms with Gasteiger partial charge >= 0.3 is 5.97 Å². The molecule has 94 valence electrons. The summed E-state index contributed by atoms with van der Waals surface area (Å²) < 4.78 is 1.79. The maximum Gasteiger partial charge on any atom is 0.335 e. The molecule has 1 aromatic carbocycles. The Bertz CT molecular complexity index is 565. The number of nitrogens with zero attached hydrogens (tertiary/aromatic N) is 3. The summed E-state index contributed by atoms with van der Waals surface area (Å²) in [4.78, 5) is 10.8. The van der Waals surface area contributed by atoms with Crippen LogP contribution in [0.1, 0.15) is 31.1 Å². The van der Waals surface area contributed by atoms with Crippen molar-refractivity contribution in [3.05, 3.63) is 36.0 Å². The fourth-order valence-corrected chi connectivity index (χ4v) is 1.51. The van der Waals surface area contributed by atoms with Gasteiger partial charge in [0, 0.05) is 5.56 Å². The molecule has 0 bridgehead atoms. The lowest BCUT2D eigenvalue weighted by Gasteiger charge is -2.17. The topological polar surface area (TPSA) is 68.0 Å². The SMILES string of the molecule is CC(C)(C)n1cc(-c2ccc(C(=O)O)cc2)nn1. The zero-order valence-electron chi connectivity index (χ0n) is 10.6. The lowest BCUT2D eigenvalue weighted by molar-refractivity contribution is 0.0697. The van der Waals surface area contributed by atoms with Gasteiger partial charge in [-0.05, 0) is 32.9 Å². The molecule has 1 heterocycles. The number of benzene rings is 1. The number of carboxylic acids is 1. The van der Waals surface area contributed by atoms with Crippen LogP contribution in [-0.2, 0) is 5.54 Å². The number of carbonyl (C=O) groups is 1. The van der Waals surface area contributed by atoms with Crippen molar-refractivity contribution in [3.8, 4) is 11.3 Å². The normalized spacial score (nSPS) is 11.5. The minimum absolute atomic E-state index is 0.119. The molecule has 0 amide bonds. The van der Waals surface area contributed by atoms with Crippen LogP contribution in [0.4, 0.5) is 0 Å². The zero-order chi connectivity index (χ0) is 13.3. The van der Waals surface area contributed by atoms with Crippen LogP contribution in [0.15, 0.2) is 30.5 Å². The Kier molecular flexibility index (Phi) is 2.90. The van der Waals surface area contributed by atoms with Crippen molar-refractivity contribution < 1.29 is 9.90 Å². The number of hydrogen-bond donors (Lipinski definition) is 1. The molecule has 0 unspecified atom stereocenters. The zero-order valence-corrected chi connectivity index (χ0v) is 10.6. The molecule has 0 radical (unpaired) electrons. The van der Waals surface area contributed by atoms with E-state index in [-0.39, 0.29) is 11.1 Å². The van der Waals surface area contributed by atoms with Crippen molar-refractivity contribution in [2.45, 2.75) is 26.3 Å². The second-order valence-corrected chi connectivity index (χ2v) is 5.10. The molecule has 0 fully saturated rings. The Balaban J connectivity index is 2.32. The van der Waals surface area contributed by atoms with Gasteiger partial charge in [0.05, 0.1) is 17.3 Å². The molecule has 2 rings (SSSR count). The van der Waals surface area contributed by atoms with Gasteiger partial charge in [0.2, 0.25) is 0 Å². The van der Waals surface area contributed by atoms with E-state index < -0.39 is 5.97 Å². The molecule has 2 aromatic rings. The molecule has 5 heteroatoms. The van der Waals surface area contributed by atoms with E-state index in [4.69, 9.17) is 5.11 Å². The first-order valence-corrected chi connectivity index (χ1v) is 5.64. The van der Waals surface area contributed by atoms with Gasteiger partial charge in [-0.15, -0.1) is 5.10 Å². The number of rotatable bonds is 2. The Labute approximate surface area is 105 Å². The first-order valence-electron chi connectivity index (χ1n) is 5.64. The summed E-state index contributed by atoms with van der Waals surface area (Å²) in [6.07, 6.45) is 1.86. The summed E-state index contributed by atoms with van der Waals surface area (Å²) in [7, 11) is 0. The van der Waals surface area contributed by atoms with Gasteiger partial charge in [-0.1, -0.05) is 17.3 Å². The van der Waals surface area contributed by atoms with Crippen molar-refractivity contribution in [2.24, 2.45) is 0 Å². The van der Waals surface area contributed by atoms with Crippen LogP contribution in [0.3, 0.4) is 0 Å². The summed E-state index contributed by atoms with van der Waals surface area (Å²) >= 11 is 0. The largest absolute Gasteiger partial charge is 0.478 e. The van der Waals surface area contributed by atoms with Gasteiger partial charge in [0.15, 0.2) is 0 Å². The molecule has 5 nitrogen and oxygen atoms in total. The second kappa shape index (κ2) is 4.25. The van der Waals surface area contributed by atoms with Crippen molar-refractivity contribution >= 4 is 5.97 Å². The third kappa shape index (κ3) is 2.40. The molecule has 0 aliphatic rings. The van der Waals surface area contributed by atoms with Crippen LogP contribution < -0.4 is 0 Å². The Morgan fingerprint density at radius 2 is 1.83 bits per heavy atom. The van der Waals surface area contributed by atoms with E-state index >= 15 is 0 Å². The van der Waals surface area contributed by atoms with E-state index in [1.165, 1.54) is 0 Å². The monoisotopic (exact) mass is 245 g/mol. The third-order valence-electron chi connectivity index (χ3n) is 2.61. The summed E-state index contributed by atoms with van der Waals surface area (Å²) in [6.45, 7) is 6.12. The lowest BCUT2D eigenvalue weighted by Crippen LogP contribution is -2.22. The lowest BCUT2D eigenvalue weighted by atomic mass is 10.1. The molecule has 0 spiro atoms. The smallest absolute Gasteiger partial charge is 0.335 e. The van der Waals surface area contributed by atoms with Crippen LogP contribution >= 0.6 is 0 Å². The summed E-state index contributed by atoms with van der Waals surface area (Å²) in [5.74, 6) is -0.931. The molecular formula is C13H15N3O2. The average Bonchev–Trinajstić information content (AvgIpc) is 2.78. The first-order chi connectivity index (χ1) is 8.38. The van der Waals surface area contributed by atoms with Crippen molar-refractivity contribution in [1.29, 1.82) is 0 Å². The fourth-order valence-electron chi connectivity index (χ4n) is 1.51. The van der Waals surface area contributed by atoms with Crippen LogP contribution in [0.25, 0.3) is 11.3 Å². The average molecular weight is 245 g/mol. The third-order valence-corrected chi connectivity index (χ3v) is 2.61. The highest BCUT2D eigenvalue weighted by Crippen LogP contribution is 2.20. The van der Waals surface area contributed by atoms with E-state index in [2.05, 4.69) is 10.3 Å². The number of aromatic carboxylic acids is 1. The molecule has 0 aliphatic heterocycles. The van der Waals surface area contributed by atoms with Gasteiger partial charge in [0.1, 0.15) is 5.69 Å². The van der Waals surface area contributed by atoms with Crippen LogP contribution in [0.5, 0.6) is 0 Å². The van der Waals surface area contributed by atoms with Crippen LogP contribution in [0, 0.1) is 0 Å². The maximum atomic E-state index is 10.8. The number of aromatic nitrogens is 3. The van der Waals surface area contributed by atoms with Crippen LogP contribution in [-0.4, -0.2) is 26.1 Å². The van der Waals surface area contributed by atoms with Crippen molar-refractivity contribution in [3.63, 3.8) is 0 Å². The molecule has 18 heavy (non-hydrogen) atoms. The highest BCUT2D eigenvalue weighted by atomic mass is 16.4. The Morgan fingerprint density at radius 3 is 2.28 bits per heavy atom. The van der Waals surface area contributed by atoms with E-state index in [1.807, 2.05) is 27.0 Å². The first kappa shape index (κ1) is 12.3. The van der Waals surface area contributed by atoms with Gasteiger partial charge in [0.25, 0.3) is 0 Å². The highest BCUT2D eigenvalue weighted by Gasteiger charge is 2.15. The van der Waals surface area contributed by atoms with Gasteiger partial charge in [-0.25, -0.2) is 9.48 Å². The molecule has 1 aromatic heterocycles. The van der Waals surface area contributed by atoms with Crippen molar-refractivity contribution in [1.82, 2.24) is 15.0 Å². The molecule has 0 aliphatic carbocycles. The highest BCUT2D eigenvalue weighted by molar-refractivity contribution is 5.88. The second-order valence-electron chi connectivity index (χ2n) is 5.10. The fraction of sp³-hybridized carbons (Fsp3) is 0.308. The predicted molar refractivity (Wildman–Crippen MR) is 67.4 cm³/mol. The van der Waals surface area contributed by atoms with Gasteiger partial charge in [-0.2, -0.15) is 0 Å². The molecular weight excluding hydrogens is 230 g/mol. The minimum Gasteiger partial charge on any atom is -0.478 e. The molecule has 0 saturated carbocycles. The summed E-state index contributed by atoms with van der Waals surface area (Å²) in [5.41, 5.74) is 1.74. The molecule has 1 N–H and O–H groups in total. The van der Waals surface area contributed by atoms with E-state index in [1.54, 1.807) is 28.9 Å². The van der Waals surface area contributed by atoms with Crippen LogP contribution in [0.2, 0.25) is 0 Å². The standard InChI is InChI=1S/C13H15N3O2/c1-13(2,3)16-8-11(14-15-16)9-4-6-10(7-5-9)12(17)18/h4-8H,1-3H3,(H,17,18). The summed E-state index contributed by atoms with van der Waals surface area (Å²) in [5, 5.41) is 17.0. The van der Waals surface area contributed by atoms with Crippen molar-refractivity contribution in [2.75, 3.05) is 0 Å². The molecule has 0 atom stereocenters. The Morgan fingerprint density at radius 1 is 1.22 bits per heavy atom. The number of hydrogen-bond acceptors (Lipinski definition) is 3. The Hall–Kier alpha value is -2.17. The van der Waals surface area contributed by atoms with E-state index in [0.717, 1.165) is 11.3 Å². The van der Waals surface area contributed by atoms with E-state index in [9.17, 15) is 4.79 Å². The molecule has 0 saturated heterocycles. The predicted octanol–water partition coefficient (Wildman–Crippen LogP) is 2.40. The summed E-state index contributed by atoms with van der Waals surface area (Å²) in [6, 6.07) is 6.60. The minimum atomic E-state index is -0.931. The number of carboxylic acid groups (broad SMARTS) is 1. The maximum absolute atomic E-state index is 10.8. The van der Waals surface area contributed by atoms with Gasteiger partial charge < -0.3 is 5.11 Å². The quantitative estimate of drug-likeness (QED) is 0.882. The van der Waals surface area contributed by atoms with E-state index in [0.29, 0.717) is 0 Å². The van der Waals surface area contributed by atoms with Gasteiger partial charge in [-0.3, -0.25) is 0 Å².